The van der Waals surface area contributed by atoms with Crippen LogP contribution in [0.15, 0.2) is 18.2 Å². The van der Waals surface area contributed by atoms with Crippen molar-refractivity contribution in [1.82, 2.24) is 4.98 Å². The summed E-state index contributed by atoms with van der Waals surface area (Å²) in [4.78, 5) is 15.8. The highest BCUT2D eigenvalue weighted by molar-refractivity contribution is 5.76. The van der Waals surface area contributed by atoms with Gasteiger partial charge in [0.1, 0.15) is 0 Å². The van der Waals surface area contributed by atoms with Crippen molar-refractivity contribution >= 4 is 11.8 Å². The fourth-order valence-electron chi connectivity index (χ4n) is 0.763. The standard InChI is InChI=1S/C7H3F2N3O2/c8-7(9,6(13)14)4-2-1-3-5(11-4)12-10/h1-3H/p+1. The summed E-state index contributed by atoms with van der Waals surface area (Å²) in [5.41, 5.74) is -0.972. The number of diazo groups is 1. The Morgan fingerprint density at radius 2 is 2.21 bits per heavy atom. The van der Waals surface area contributed by atoms with Crippen molar-refractivity contribution in [2.75, 3.05) is 0 Å². The second-order valence-corrected chi connectivity index (χ2v) is 2.36. The predicted octanol–water partition coefficient (Wildman–Crippen LogP) is 1.74. The maximum atomic E-state index is 12.8. The third-order valence-corrected chi connectivity index (χ3v) is 1.43. The van der Waals surface area contributed by atoms with Crippen molar-refractivity contribution in [2.24, 2.45) is 0 Å². The molecule has 0 aliphatic rings. The monoisotopic (exact) mass is 200 g/mol. The molecule has 0 aromatic carbocycles. The quantitative estimate of drug-likeness (QED) is 0.737. The molecule has 14 heavy (non-hydrogen) atoms. The van der Waals surface area contributed by atoms with Gasteiger partial charge >= 0.3 is 17.7 Å². The molecular weight excluding hydrogens is 196 g/mol. The van der Waals surface area contributed by atoms with Gasteiger partial charge in [0.05, 0.1) is 11.5 Å². The summed E-state index contributed by atoms with van der Waals surface area (Å²) in [5.74, 6) is -6.76. The third-order valence-electron chi connectivity index (χ3n) is 1.43. The van der Waals surface area contributed by atoms with E-state index in [0.29, 0.717) is 0 Å². The summed E-state index contributed by atoms with van der Waals surface area (Å²) >= 11 is 0. The number of rotatable bonds is 2. The Bertz CT molecular complexity index is 414. The average Bonchev–Trinajstić information content (AvgIpc) is 2.17. The van der Waals surface area contributed by atoms with Gasteiger partial charge in [0.15, 0.2) is 0 Å². The maximum absolute atomic E-state index is 12.8. The predicted molar refractivity (Wildman–Crippen MR) is 40.5 cm³/mol. The van der Waals surface area contributed by atoms with Crippen LogP contribution in [-0.2, 0) is 10.7 Å². The highest BCUT2D eigenvalue weighted by Gasteiger charge is 2.46. The number of nitrogens with zero attached hydrogens (tertiary/aromatic N) is 3. The number of aliphatic carboxylic acids is 1. The molecule has 0 saturated heterocycles. The smallest absolute Gasteiger partial charge is 0.464 e. The largest absolute Gasteiger partial charge is 0.476 e. The molecule has 0 aliphatic carbocycles. The molecule has 1 heterocycles. The molecule has 0 saturated carbocycles. The highest BCUT2D eigenvalue weighted by Crippen LogP contribution is 2.27. The van der Waals surface area contributed by atoms with E-state index in [4.69, 9.17) is 10.5 Å². The number of aromatic nitrogens is 1. The second-order valence-electron chi connectivity index (χ2n) is 2.36. The van der Waals surface area contributed by atoms with Crippen LogP contribution < -0.4 is 0 Å². The van der Waals surface area contributed by atoms with Gasteiger partial charge in [-0.1, -0.05) is 0 Å². The lowest BCUT2D eigenvalue weighted by Crippen LogP contribution is -2.26. The van der Waals surface area contributed by atoms with Crippen LogP contribution in [0.25, 0.3) is 4.98 Å². The fraction of sp³-hybridized carbons (Fsp3) is 0.143. The van der Waals surface area contributed by atoms with Crippen LogP contribution in [0.3, 0.4) is 0 Å². The zero-order valence-corrected chi connectivity index (χ0v) is 6.69. The molecule has 0 radical (unpaired) electrons. The molecule has 0 aliphatic heterocycles. The Morgan fingerprint density at radius 1 is 1.57 bits per heavy atom. The molecule has 1 N–H and O–H groups in total. The van der Waals surface area contributed by atoms with Crippen molar-refractivity contribution in [3.8, 4) is 0 Å². The van der Waals surface area contributed by atoms with Crippen molar-refractivity contribution < 1.29 is 18.7 Å². The Morgan fingerprint density at radius 3 is 2.71 bits per heavy atom. The number of pyridine rings is 1. The topological polar surface area (TPSA) is 78.3 Å². The summed E-state index contributed by atoms with van der Waals surface area (Å²) in [5, 5.41) is 16.4. The van der Waals surface area contributed by atoms with Gasteiger partial charge in [-0.3, -0.25) is 0 Å². The van der Waals surface area contributed by atoms with E-state index >= 15 is 0 Å². The minimum Gasteiger partial charge on any atom is -0.476 e. The van der Waals surface area contributed by atoms with Gasteiger partial charge in [-0.15, -0.1) is 0 Å². The van der Waals surface area contributed by atoms with Crippen LogP contribution in [0.5, 0.6) is 0 Å². The number of hydrogen-bond donors (Lipinski definition) is 1. The highest BCUT2D eigenvalue weighted by atomic mass is 19.3. The number of hydrogen-bond acceptors (Lipinski definition) is 3. The summed E-state index contributed by atoms with van der Waals surface area (Å²) in [6.07, 6.45) is 0. The van der Waals surface area contributed by atoms with Gasteiger partial charge in [0.25, 0.3) is 0 Å². The lowest BCUT2D eigenvalue weighted by Gasteiger charge is -2.04. The molecule has 0 amide bonds. The Labute approximate surface area is 76.6 Å². The summed E-state index contributed by atoms with van der Waals surface area (Å²) in [6, 6.07) is 3.11. The molecule has 7 heteroatoms. The molecule has 1 aromatic heterocycles. The zero-order chi connectivity index (χ0) is 10.8. The lowest BCUT2D eigenvalue weighted by atomic mass is 10.2. The van der Waals surface area contributed by atoms with E-state index in [1.165, 1.54) is 0 Å². The molecule has 72 valence electrons. The fourth-order valence-corrected chi connectivity index (χ4v) is 0.763. The Balaban J connectivity index is 3.21. The number of carboxylic acids is 1. The number of alkyl halides is 2. The minimum atomic E-state index is -4.08. The first-order chi connectivity index (χ1) is 6.48. The number of carboxylic acid groups (broad SMARTS) is 1. The van der Waals surface area contributed by atoms with Crippen LogP contribution in [-0.4, -0.2) is 16.1 Å². The Kier molecular flexibility index (Phi) is 2.38. The van der Waals surface area contributed by atoms with E-state index in [0.717, 1.165) is 18.2 Å². The van der Waals surface area contributed by atoms with Gasteiger partial charge in [-0.25, -0.2) is 4.79 Å². The Hall–Kier alpha value is -2.10. The molecule has 0 atom stereocenters. The minimum absolute atomic E-state index is 0.372. The van der Waals surface area contributed by atoms with Crippen LogP contribution in [0.1, 0.15) is 5.69 Å². The number of halogens is 2. The van der Waals surface area contributed by atoms with E-state index in [1.807, 2.05) is 0 Å². The third kappa shape index (κ3) is 1.64. The normalized spacial score (nSPS) is 10.6. The summed E-state index contributed by atoms with van der Waals surface area (Å²) < 4.78 is 25.6. The molecule has 0 unspecified atom stereocenters. The van der Waals surface area contributed by atoms with Crippen molar-refractivity contribution in [1.29, 1.82) is 5.39 Å². The second kappa shape index (κ2) is 3.33. The van der Waals surface area contributed by atoms with Crippen LogP contribution in [0.4, 0.5) is 14.6 Å². The van der Waals surface area contributed by atoms with Gasteiger partial charge in [0.2, 0.25) is 5.69 Å². The number of carbonyl (C=O) groups is 1. The van der Waals surface area contributed by atoms with Crippen molar-refractivity contribution in [3.05, 3.63) is 28.9 Å². The van der Waals surface area contributed by atoms with E-state index in [-0.39, 0.29) is 5.82 Å². The molecule has 0 spiro atoms. The summed E-state index contributed by atoms with van der Waals surface area (Å²) in [6.45, 7) is 0. The van der Waals surface area contributed by atoms with Crippen LogP contribution >= 0.6 is 0 Å². The van der Waals surface area contributed by atoms with Gasteiger partial charge in [-0.2, -0.15) is 8.78 Å². The van der Waals surface area contributed by atoms with E-state index < -0.39 is 17.6 Å². The molecule has 1 aromatic rings. The molecule has 1 rings (SSSR count). The molecular formula is C7H4F2N3O2+. The van der Waals surface area contributed by atoms with E-state index in [9.17, 15) is 13.6 Å². The first-order valence-electron chi connectivity index (χ1n) is 3.42. The molecule has 0 fully saturated rings. The van der Waals surface area contributed by atoms with Gasteiger partial charge in [0, 0.05) is 4.98 Å². The van der Waals surface area contributed by atoms with Gasteiger partial charge in [-0.05, 0) is 17.1 Å². The first-order valence-corrected chi connectivity index (χ1v) is 3.42. The molecule has 5 nitrogen and oxygen atoms in total. The maximum Gasteiger partial charge on any atom is 0.464 e. The zero-order valence-electron chi connectivity index (χ0n) is 6.69. The van der Waals surface area contributed by atoms with Crippen LogP contribution in [0.2, 0.25) is 0 Å². The SMILES string of the molecule is N#[N+]c1cccc(C(F)(F)C(=O)O)n1. The van der Waals surface area contributed by atoms with E-state index in [1.54, 1.807) is 0 Å². The van der Waals surface area contributed by atoms with E-state index in [2.05, 4.69) is 9.96 Å². The van der Waals surface area contributed by atoms with Crippen molar-refractivity contribution in [2.45, 2.75) is 5.92 Å². The van der Waals surface area contributed by atoms with Gasteiger partial charge < -0.3 is 5.11 Å². The average molecular weight is 200 g/mol. The summed E-state index contributed by atoms with van der Waals surface area (Å²) in [7, 11) is 0. The first kappa shape index (κ1) is 9.98. The lowest BCUT2D eigenvalue weighted by molar-refractivity contribution is -0.166. The van der Waals surface area contributed by atoms with Crippen molar-refractivity contribution in [3.63, 3.8) is 0 Å². The molecule has 0 bridgehead atoms. The van der Waals surface area contributed by atoms with Crippen LogP contribution in [0, 0.1) is 5.39 Å².